The molecule has 0 atom stereocenters. The maximum Gasteiger partial charge on any atom is 0.338 e. The van der Waals surface area contributed by atoms with Gasteiger partial charge in [-0.3, -0.25) is 10.1 Å². The highest BCUT2D eigenvalue weighted by Gasteiger charge is 2.26. The van der Waals surface area contributed by atoms with Gasteiger partial charge in [0.2, 0.25) is 0 Å². The van der Waals surface area contributed by atoms with Gasteiger partial charge in [0, 0.05) is 11.6 Å². The van der Waals surface area contributed by atoms with E-state index < -0.39 is 10.9 Å². The zero-order valence-electron chi connectivity index (χ0n) is 14.6. The summed E-state index contributed by atoms with van der Waals surface area (Å²) in [6, 6.07) is 14.5. The Morgan fingerprint density at radius 1 is 1.00 bits per heavy atom. The van der Waals surface area contributed by atoms with Crippen molar-refractivity contribution in [3.05, 3.63) is 70.3 Å². The van der Waals surface area contributed by atoms with E-state index in [9.17, 15) is 20.0 Å². The Bertz CT molecular complexity index is 1270. The lowest BCUT2D eigenvalue weighted by Gasteiger charge is -2.13. The highest BCUT2D eigenvalue weighted by molar-refractivity contribution is 6.10. The zero-order chi connectivity index (χ0) is 19.8. The quantitative estimate of drug-likeness (QED) is 0.325. The average Bonchev–Trinajstić information content (AvgIpc) is 2.70. The summed E-state index contributed by atoms with van der Waals surface area (Å²) in [5.74, 6) is -0.975. The van der Waals surface area contributed by atoms with Gasteiger partial charge in [-0.1, -0.05) is 24.3 Å². The summed E-state index contributed by atoms with van der Waals surface area (Å²) in [4.78, 5) is 32.0. The van der Waals surface area contributed by atoms with Crippen molar-refractivity contribution in [1.29, 1.82) is 0 Å². The fourth-order valence-corrected chi connectivity index (χ4v) is 3.19. The van der Waals surface area contributed by atoms with Gasteiger partial charge in [-0.15, -0.1) is 0 Å². The Labute approximate surface area is 158 Å². The van der Waals surface area contributed by atoms with Crippen molar-refractivity contribution in [2.24, 2.45) is 0 Å². The molecule has 3 aromatic carbocycles. The van der Waals surface area contributed by atoms with Crippen molar-refractivity contribution in [3.63, 3.8) is 0 Å². The molecule has 8 heteroatoms. The fraction of sp³-hybridized carbons (Fsp3) is 0.0500. The molecule has 1 aromatic heterocycles. The monoisotopic (exact) mass is 375 g/mol. The lowest BCUT2D eigenvalue weighted by Crippen LogP contribution is -2.06. The Morgan fingerprint density at radius 3 is 2.21 bits per heavy atom. The standard InChI is InChI=1S/C20H13N3O5/c1-28-16-10-12(11-6-2-5-9-15(11)23(26)27)17(20(24)25)19-18(16)21-13-7-3-4-8-14(13)22-19/h2-10H,1H3,(H,24,25). The minimum absolute atomic E-state index is 0.110. The Hall–Kier alpha value is -4.07. The van der Waals surface area contributed by atoms with Crippen LogP contribution in [0.25, 0.3) is 33.2 Å². The molecule has 0 saturated carbocycles. The highest BCUT2D eigenvalue weighted by Crippen LogP contribution is 2.39. The van der Waals surface area contributed by atoms with Crippen molar-refractivity contribution < 1.29 is 19.6 Å². The number of methoxy groups -OCH3 is 1. The number of carboxylic acids is 1. The first kappa shape index (κ1) is 17.3. The molecule has 8 nitrogen and oxygen atoms in total. The summed E-state index contributed by atoms with van der Waals surface area (Å²) in [6.07, 6.45) is 0. The number of benzene rings is 3. The number of para-hydroxylation sites is 3. The Kier molecular flexibility index (Phi) is 4.08. The van der Waals surface area contributed by atoms with Crippen molar-refractivity contribution in [2.45, 2.75) is 0 Å². The summed E-state index contributed by atoms with van der Waals surface area (Å²) in [7, 11) is 1.43. The number of hydrogen-bond donors (Lipinski definition) is 1. The van der Waals surface area contributed by atoms with E-state index in [4.69, 9.17) is 4.74 Å². The summed E-state index contributed by atoms with van der Waals surface area (Å²) in [6.45, 7) is 0. The topological polar surface area (TPSA) is 115 Å². The molecule has 0 fully saturated rings. The number of fused-ring (bicyclic) bond motifs is 2. The lowest BCUT2D eigenvalue weighted by molar-refractivity contribution is -0.384. The second-order valence-corrected chi connectivity index (χ2v) is 5.99. The zero-order valence-corrected chi connectivity index (χ0v) is 14.6. The normalized spacial score (nSPS) is 10.9. The molecule has 0 radical (unpaired) electrons. The summed E-state index contributed by atoms with van der Waals surface area (Å²) < 4.78 is 5.41. The number of aromatic nitrogens is 2. The second kappa shape index (κ2) is 6.58. The molecule has 1 N–H and O–H groups in total. The summed E-state index contributed by atoms with van der Waals surface area (Å²) in [5, 5.41) is 21.4. The largest absolute Gasteiger partial charge is 0.494 e. The molecule has 1 heterocycles. The van der Waals surface area contributed by atoms with Gasteiger partial charge >= 0.3 is 5.97 Å². The number of nitrogens with zero attached hydrogens (tertiary/aromatic N) is 3. The average molecular weight is 375 g/mol. The third kappa shape index (κ3) is 2.67. The van der Waals surface area contributed by atoms with Crippen LogP contribution in [-0.2, 0) is 0 Å². The summed E-state index contributed by atoms with van der Waals surface area (Å²) >= 11 is 0. The first-order valence-electron chi connectivity index (χ1n) is 8.26. The number of carbonyl (C=O) groups is 1. The van der Waals surface area contributed by atoms with E-state index in [2.05, 4.69) is 9.97 Å². The van der Waals surface area contributed by atoms with Gasteiger partial charge in [0.15, 0.2) is 0 Å². The van der Waals surface area contributed by atoms with Crippen LogP contribution in [0.5, 0.6) is 5.75 Å². The molecule has 28 heavy (non-hydrogen) atoms. The predicted octanol–water partition coefficient (Wildman–Crippen LogP) is 4.07. The number of ether oxygens (including phenoxy) is 1. The number of nitro benzene ring substituents is 1. The smallest absolute Gasteiger partial charge is 0.338 e. The third-order valence-corrected chi connectivity index (χ3v) is 4.41. The lowest BCUT2D eigenvalue weighted by atomic mass is 9.96. The van der Waals surface area contributed by atoms with E-state index in [1.807, 2.05) is 0 Å². The van der Waals surface area contributed by atoms with Crippen molar-refractivity contribution in [2.75, 3.05) is 7.11 Å². The molecule has 4 rings (SSSR count). The van der Waals surface area contributed by atoms with Crippen molar-refractivity contribution >= 4 is 33.7 Å². The molecule has 0 aliphatic heterocycles. The van der Waals surface area contributed by atoms with Crippen LogP contribution in [0.15, 0.2) is 54.6 Å². The van der Waals surface area contributed by atoms with Gasteiger partial charge in [0.1, 0.15) is 16.8 Å². The molecule has 138 valence electrons. The SMILES string of the molecule is COc1cc(-c2ccccc2[N+](=O)[O-])c(C(=O)O)c2nc3ccccc3nc12. The predicted molar refractivity (Wildman–Crippen MR) is 103 cm³/mol. The van der Waals surface area contributed by atoms with Crippen LogP contribution >= 0.6 is 0 Å². The molecule has 0 saturated heterocycles. The van der Waals surface area contributed by atoms with Gasteiger partial charge in [-0.2, -0.15) is 0 Å². The molecule has 4 aromatic rings. The van der Waals surface area contributed by atoms with Crippen molar-refractivity contribution in [3.8, 4) is 16.9 Å². The van der Waals surface area contributed by atoms with Gasteiger partial charge in [-0.05, 0) is 24.3 Å². The van der Waals surface area contributed by atoms with E-state index in [1.54, 1.807) is 30.3 Å². The molecular weight excluding hydrogens is 362 g/mol. The highest BCUT2D eigenvalue weighted by atomic mass is 16.6. The number of aromatic carboxylic acids is 1. The maximum atomic E-state index is 12.1. The van der Waals surface area contributed by atoms with Crippen LogP contribution in [-0.4, -0.2) is 33.1 Å². The minimum atomic E-state index is -1.26. The minimum Gasteiger partial charge on any atom is -0.494 e. The van der Waals surface area contributed by atoms with E-state index in [0.717, 1.165) is 0 Å². The van der Waals surface area contributed by atoms with E-state index >= 15 is 0 Å². The number of nitro groups is 1. The number of rotatable bonds is 4. The Morgan fingerprint density at radius 2 is 1.61 bits per heavy atom. The van der Waals surface area contributed by atoms with Crippen LogP contribution in [0.2, 0.25) is 0 Å². The van der Waals surface area contributed by atoms with Crippen LogP contribution in [0.3, 0.4) is 0 Å². The molecule has 0 bridgehead atoms. The first-order chi connectivity index (χ1) is 13.5. The van der Waals surface area contributed by atoms with E-state index in [-0.39, 0.29) is 39.2 Å². The van der Waals surface area contributed by atoms with Gasteiger partial charge in [0.25, 0.3) is 5.69 Å². The molecular formula is C20H13N3O5. The first-order valence-corrected chi connectivity index (χ1v) is 8.26. The van der Waals surface area contributed by atoms with Gasteiger partial charge < -0.3 is 9.84 Å². The summed E-state index contributed by atoms with van der Waals surface area (Å²) in [5.41, 5.74) is 1.43. The van der Waals surface area contributed by atoms with Gasteiger partial charge in [0.05, 0.1) is 34.2 Å². The molecule has 0 amide bonds. The van der Waals surface area contributed by atoms with Crippen LogP contribution in [0.4, 0.5) is 5.69 Å². The molecule has 0 spiro atoms. The van der Waals surface area contributed by atoms with Crippen molar-refractivity contribution in [1.82, 2.24) is 9.97 Å². The number of hydrogen-bond acceptors (Lipinski definition) is 6. The maximum absolute atomic E-state index is 12.1. The van der Waals surface area contributed by atoms with Crippen LogP contribution in [0.1, 0.15) is 10.4 Å². The van der Waals surface area contributed by atoms with Crippen LogP contribution in [0, 0.1) is 10.1 Å². The van der Waals surface area contributed by atoms with Gasteiger partial charge in [-0.25, -0.2) is 14.8 Å². The third-order valence-electron chi connectivity index (χ3n) is 4.41. The van der Waals surface area contributed by atoms with Crippen LogP contribution < -0.4 is 4.74 Å². The molecule has 0 aliphatic rings. The fourth-order valence-electron chi connectivity index (χ4n) is 3.19. The van der Waals surface area contributed by atoms with E-state index in [0.29, 0.717) is 11.0 Å². The molecule has 0 unspecified atom stereocenters. The number of carboxylic acid groups (broad SMARTS) is 1. The van der Waals surface area contributed by atoms with E-state index in [1.165, 1.54) is 31.4 Å². The molecule has 0 aliphatic carbocycles. The second-order valence-electron chi connectivity index (χ2n) is 5.99. The Balaban J connectivity index is 2.19.